The molecule has 0 radical (unpaired) electrons. The lowest BCUT2D eigenvalue weighted by Gasteiger charge is -2.34. The fourth-order valence-electron chi connectivity index (χ4n) is 5.19. The smallest absolute Gasteiger partial charge is 0.325 e. The number of urea groups is 1. The number of imide groups is 1. The van der Waals surface area contributed by atoms with E-state index in [9.17, 15) is 14.4 Å². The van der Waals surface area contributed by atoms with Crippen molar-refractivity contribution in [2.24, 2.45) is 5.92 Å². The molecule has 4 amide bonds. The van der Waals surface area contributed by atoms with Crippen LogP contribution in [-0.4, -0.2) is 41.4 Å². The van der Waals surface area contributed by atoms with Crippen LogP contribution in [0.4, 0.5) is 4.79 Å². The summed E-state index contributed by atoms with van der Waals surface area (Å²) in [6.45, 7) is 2.39. The Balaban J connectivity index is 1.33. The molecule has 2 N–H and O–H groups in total. The van der Waals surface area contributed by atoms with Gasteiger partial charge in [-0.2, -0.15) is 0 Å². The summed E-state index contributed by atoms with van der Waals surface area (Å²) in [5, 5.41) is 5.81. The zero-order chi connectivity index (χ0) is 23.3. The van der Waals surface area contributed by atoms with E-state index in [0.29, 0.717) is 25.3 Å². The van der Waals surface area contributed by atoms with Gasteiger partial charge in [-0.1, -0.05) is 74.0 Å². The van der Waals surface area contributed by atoms with Crippen molar-refractivity contribution in [3.63, 3.8) is 0 Å². The highest BCUT2D eigenvalue weighted by atomic mass is 16.2. The van der Waals surface area contributed by atoms with Crippen molar-refractivity contribution in [2.45, 2.75) is 56.9 Å². The molecule has 1 aliphatic heterocycles. The minimum absolute atomic E-state index is 0.154. The molecule has 2 aliphatic rings. The maximum Gasteiger partial charge on any atom is 0.325 e. The Morgan fingerprint density at radius 3 is 2.15 bits per heavy atom. The second-order valence-electron chi connectivity index (χ2n) is 9.27. The molecule has 0 bridgehead atoms. The first-order valence-electron chi connectivity index (χ1n) is 12.0. The van der Waals surface area contributed by atoms with Crippen LogP contribution in [0.1, 0.15) is 62.5 Å². The van der Waals surface area contributed by atoms with E-state index in [2.05, 4.69) is 41.8 Å². The monoisotopic (exact) mass is 447 g/mol. The fourth-order valence-corrected chi connectivity index (χ4v) is 5.19. The lowest BCUT2D eigenvalue weighted by atomic mass is 9.75. The van der Waals surface area contributed by atoms with Crippen LogP contribution in [0.3, 0.4) is 0 Å². The quantitative estimate of drug-likeness (QED) is 0.595. The predicted molar refractivity (Wildman–Crippen MR) is 128 cm³/mol. The second-order valence-corrected chi connectivity index (χ2v) is 9.27. The van der Waals surface area contributed by atoms with Crippen LogP contribution in [-0.2, 0) is 9.59 Å². The van der Waals surface area contributed by atoms with E-state index < -0.39 is 11.6 Å². The second kappa shape index (κ2) is 10.2. The van der Waals surface area contributed by atoms with Crippen LogP contribution < -0.4 is 10.6 Å². The number of amides is 4. The number of nitrogens with zero attached hydrogens (tertiary/aromatic N) is 1. The first-order valence-corrected chi connectivity index (χ1v) is 12.0. The molecule has 174 valence electrons. The third kappa shape index (κ3) is 5.10. The average molecular weight is 448 g/mol. The van der Waals surface area contributed by atoms with Crippen LogP contribution in [0.5, 0.6) is 0 Å². The van der Waals surface area contributed by atoms with Crippen molar-refractivity contribution >= 4 is 17.8 Å². The van der Waals surface area contributed by atoms with Crippen molar-refractivity contribution in [3.8, 4) is 0 Å². The van der Waals surface area contributed by atoms with Crippen LogP contribution in [0.25, 0.3) is 0 Å². The van der Waals surface area contributed by atoms with E-state index in [1.165, 1.54) is 11.1 Å². The fraction of sp³-hybridized carbons (Fsp3) is 0.444. The number of nitrogens with one attached hydrogen (secondary N) is 2. The van der Waals surface area contributed by atoms with Gasteiger partial charge in [-0.3, -0.25) is 14.5 Å². The van der Waals surface area contributed by atoms with E-state index in [0.717, 1.165) is 30.6 Å². The number of hydrogen-bond donors (Lipinski definition) is 2. The lowest BCUT2D eigenvalue weighted by Crippen LogP contribution is -2.50. The lowest BCUT2D eigenvalue weighted by molar-refractivity contribution is -0.136. The molecule has 6 heteroatoms. The van der Waals surface area contributed by atoms with E-state index in [1.54, 1.807) is 0 Å². The number of hydrogen-bond acceptors (Lipinski definition) is 3. The minimum atomic E-state index is -0.811. The molecule has 2 aromatic carbocycles. The summed E-state index contributed by atoms with van der Waals surface area (Å²) < 4.78 is 0. The standard InChI is InChI=1S/C27H33N3O3/c1-2-20-13-16-27(17-14-20)25(32)30(26(33)29-27)19-24(31)28-18-15-23(21-9-5-3-6-10-21)22-11-7-4-8-12-22/h3-12,20,23H,2,13-19H2,1H3,(H,28,31)(H,29,33). The number of carbonyl (C=O) groups is 3. The van der Waals surface area contributed by atoms with Crippen molar-refractivity contribution < 1.29 is 14.4 Å². The Hall–Kier alpha value is -3.15. The highest BCUT2D eigenvalue weighted by Gasteiger charge is 2.52. The van der Waals surface area contributed by atoms with Gasteiger partial charge >= 0.3 is 6.03 Å². The molecule has 0 aromatic heterocycles. The third-order valence-corrected chi connectivity index (χ3v) is 7.24. The average Bonchev–Trinajstić information content (AvgIpc) is 3.07. The summed E-state index contributed by atoms with van der Waals surface area (Å²) in [4.78, 5) is 39.3. The molecule has 33 heavy (non-hydrogen) atoms. The van der Waals surface area contributed by atoms with E-state index in [4.69, 9.17) is 0 Å². The molecule has 0 unspecified atom stereocenters. The van der Waals surface area contributed by atoms with E-state index >= 15 is 0 Å². The molecule has 1 heterocycles. The van der Waals surface area contributed by atoms with Gasteiger partial charge in [0.15, 0.2) is 0 Å². The first kappa shape index (κ1) is 23.0. The summed E-state index contributed by atoms with van der Waals surface area (Å²) in [5.41, 5.74) is 1.57. The van der Waals surface area contributed by atoms with Gasteiger partial charge in [0, 0.05) is 12.5 Å². The summed E-state index contributed by atoms with van der Waals surface area (Å²) in [7, 11) is 0. The zero-order valence-electron chi connectivity index (χ0n) is 19.3. The normalized spacial score (nSPS) is 22.6. The largest absolute Gasteiger partial charge is 0.355 e. The summed E-state index contributed by atoms with van der Waals surface area (Å²) in [6, 6.07) is 20.0. The molecule has 1 spiro atoms. The van der Waals surface area contributed by atoms with Crippen LogP contribution in [0.2, 0.25) is 0 Å². The molecular weight excluding hydrogens is 414 g/mol. The topological polar surface area (TPSA) is 78.5 Å². The Bertz CT molecular complexity index is 929. The Morgan fingerprint density at radius 1 is 1.03 bits per heavy atom. The highest BCUT2D eigenvalue weighted by Crippen LogP contribution is 2.37. The SMILES string of the molecule is CCC1CCC2(CC1)NC(=O)N(CC(=O)NCCC(c1ccccc1)c1ccccc1)C2=O. The van der Waals surface area contributed by atoms with Crippen LogP contribution >= 0.6 is 0 Å². The Kier molecular flexibility index (Phi) is 7.11. The molecule has 2 fully saturated rings. The van der Waals surface area contributed by atoms with Crippen molar-refractivity contribution in [1.82, 2.24) is 15.5 Å². The van der Waals surface area contributed by atoms with Gasteiger partial charge in [0.25, 0.3) is 5.91 Å². The van der Waals surface area contributed by atoms with Crippen molar-refractivity contribution in [1.29, 1.82) is 0 Å². The summed E-state index contributed by atoms with van der Waals surface area (Å²) in [6.07, 6.45) is 5.00. The molecule has 2 aromatic rings. The maximum absolute atomic E-state index is 13.0. The zero-order valence-corrected chi connectivity index (χ0v) is 19.3. The summed E-state index contributed by atoms with van der Waals surface area (Å²) >= 11 is 0. The number of carbonyl (C=O) groups excluding carboxylic acids is 3. The van der Waals surface area contributed by atoms with E-state index in [-0.39, 0.29) is 24.3 Å². The predicted octanol–water partition coefficient (Wildman–Crippen LogP) is 4.22. The molecule has 1 saturated heterocycles. The van der Waals surface area contributed by atoms with Gasteiger partial charge in [-0.05, 0) is 49.1 Å². The first-order chi connectivity index (χ1) is 16.0. The van der Waals surface area contributed by atoms with Crippen LogP contribution in [0, 0.1) is 5.92 Å². The molecule has 4 rings (SSSR count). The van der Waals surface area contributed by atoms with Gasteiger partial charge in [0.1, 0.15) is 12.1 Å². The molecule has 1 saturated carbocycles. The Morgan fingerprint density at radius 2 is 1.61 bits per heavy atom. The van der Waals surface area contributed by atoms with Gasteiger partial charge < -0.3 is 10.6 Å². The van der Waals surface area contributed by atoms with Crippen molar-refractivity contribution in [2.75, 3.05) is 13.1 Å². The van der Waals surface area contributed by atoms with Gasteiger partial charge in [0.2, 0.25) is 5.91 Å². The molecule has 1 aliphatic carbocycles. The number of benzene rings is 2. The van der Waals surface area contributed by atoms with Gasteiger partial charge in [-0.25, -0.2) is 4.79 Å². The minimum Gasteiger partial charge on any atom is -0.355 e. The Labute approximate surface area is 195 Å². The van der Waals surface area contributed by atoms with Gasteiger partial charge in [-0.15, -0.1) is 0 Å². The molecule has 6 nitrogen and oxygen atoms in total. The van der Waals surface area contributed by atoms with Crippen LogP contribution in [0.15, 0.2) is 60.7 Å². The third-order valence-electron chi connectivity index (χ3n) is 7.24. The maximum atomic E-state index is 13.0. The van der Waals surface area contributed by atoms with Gasteiger partial charge in [0.05, 0.1) is 0 Å². The molecular formula is C27H33N3O3. The van der Waals surface area contributed by atoms with E-state index in [1.807, 2.05) is 36.4 Å². The van der Waals surface area contributed by atoms with Crippen molar-refractivity contribution in [3.05, 3.63) is 71.8 Å². The molecule has 0 atom stereocenters. The summed E-state index contributed by atoms with van der Waals surface area (Å²) in [5.74, 6) is 0.211. The highest BCUT2D eigenvalue weighted by molar-refractivity contribution is 6.09. The number of rotatable bonds is 8.